The molecule has 5 rings (SSSR count). The van der Waals surface area contributed by atoms with E-state index in [2.05, 4.69) is 0 Å². The third-order valence-electron chi connectivity index (χ3n) is 8.40. The van der Waals surface area contributed by atoms with Crippen LogP contribution in [0, 0.1) is 23.5 Å². The number of hydrogen-bond donors (Lipinski definition) is 5. The quantitative estimate of drug-likeness (QED) is 0.347. The Labute approximate surface area is 233 Å². The number of Topliss-reactive ketones (excluding diaryl/α,β-unsaturated/α-hetero) is 2. The minimum atomic E-state index is -2.77. The average Bonchev–Trinajstić information content (AvgIpc) is 2.86. The number of benzene rings is 2. The van der Waals surface area contributed by atoms with Gasteiger partial charge in [-0.25, -0.2) is 8.78 Å². The summed E-state index contributed by atoms with van der Waals surface area (Å²) < 4.78 is 28.4. The number of nitrogens with zero attached hydrogens (tertiary/aromatic N) is 2. The number of likely N-dealkylation sites (N-methyl/N-ethyl adjacent to an activating group) is 1. The van der Waals surface area contributed by atoms with Crippen LogP contribution in [0.25, 0.3) is 11.1 Å². The number of rotatable bonds is 4. The van der Waals surface area contributed by atoms with Crippen molar-refractivity contribution in [3.8, 4) is 16.9 Å². The molecule has 1 amide bonds. The van der Waals surface area contributed by atoms with Gasteiger partial charge in [0.05, 0.1) is 11.6 Å². The summed E-state index contributed by atoms with van der Waals surface area (Å²) in [5, 5.41) is 45.4. The van der Waals surface area contributed by atoms with E-state index in [1.807, 2.05) is 0 Å². The summed E-state index contributed by atoms with van der Waals surface area (Å²) >= 11 is 0. The first-order valence-electron chi connectivity index (χ1n) is 12.8. The molecule has 3 aliphatic carbocycles. The highest BCUT2D eigenvalue weighted by atomic mass is 19.1. The Balaban J connectivity index is 1.77. The van der Waals surface area contributed by atoms with E-state index in [0.717, 1.165) is 12.1 Å². The third-order valence-corrected chi connectivity index (χ3v) is 8.40. The Kier molecular flexibility index (Phi) is 6.47. The Morgan fingerprint density at radius 2 is 1.71 bits per heavy atom. The number of phenols is 1. The Morgan fingerprint density at radius 1 is 1.05 bits per heavy atom. The van der Waals surface area contributed by atoms with E-state index < -0.39 is 75.4 Å². The lowest BCUT2D eigenvalue weighted by atomic mass is 9.58. The molecule has 0 fully saturated rings. The maximum Gasteiger partial charge on any atom is 0.255 e. The van der Waals surface area contributed by atoms with Crippen LogP contribution in [-0.4, -0.2) is 82.6 Å². The van der Waals surface area contributed by atoms with Crippen molar-refractivity contribution in [3.05, 3.63) is 69.7 Å². The lowest BCUT2D eigenvalue weighted by Gasteiger charge is -2.50. The maximum atomic E-state index is 14.8. The smallest absolute Gasteiger partial charge is 0.255 e. The van der Waals surface area contributed by atoms with E-state index in [9.17, 15) is 43.6 Å². The molecule has 0 saturated heterocycles. The van der Waals surface area contributed by atoms with E-state index in [4.69, 9.17) is 5.73 Å². The molecule has 0 saturated carbocycles. The fourth-order valence-corrected chi connectivity index (χ4v) is 6.61. The van der Waals surface area contributed by atoms with E-state index in [1.54, 1.807) is 33.1 Å². The number of aliphatic hydroxyl groups is 3. The third kappa shape index (κ3) is 3.85. The number of ketones is 2. The van der Waals surface area contributed by atoms with Crippen LogP contribution < -0.4 is 10.6 Å². The van der Waals surface area contributed by atoms with Gasteiger partial charge in [-0.05, 0) is 56.6 Å². The molecule has 0 aromatic heterocycles. The van der Waals surface area contributed by atoms with Gasteiger partial charge >= 0.3 is 0 Å². The summed E-state index contributed by atoms with van der Waals surface area (Å²) in [6, 6.07) is 3.14. The monoisotopic (exact) mass is 569 g/mol. The fraction of sp³-hybridized carbons (Fsp3) is 0.345. The zero-order valence-corrected chi connectivity index (χ0v) is 22.7. The molecule has 0 unspecified atom stereocenters. The van der Waals surface area contributed by atoms with Crippen LogP contribution in [0.15, 0.2) is 46.9 Å². The number of nitrogens with two attached hydrogens (primary N) is 1. The van der Waals surface area contributed by atoms with Crippen LogP contribution in [-0.2, 0) is 16.0 Å². The largest absolute Gasteiger partial charge is 0.510 e. The van der Waals surface area contributed by atoms with Crippen LogP contribution in [0.1, 0.15) is 22.3 Å². The topological polar surface area (TPSA) is 165 Å². The predicted octanol–water partition coefficient (Wildman–Crippen LogP) is 2.13. The molecule has 3 aliphatic rings. The van der Waals surface area contributed by atoms with Crippen LogP contribution in [0.4, 0.5) is 14.5 Å². The number of aliphatic hydroxyl groups excluding tert-OH is 2. The lowest BCUT2D eigenvalue weighted by molar-refractivity contribution is -0.148. The summed E-state index contributed by atoms with van der Waals surface area (Å²) in [5.41, 5.74) is 1.65. The highest BCUT2D eigenvalue weighted by Crippen LogP contribution is 2.54. The SMILES string of the molecule is CN(C)c1cc(-c2ccc(F)cc2F)c(O)c2c1C[C@H]1C[C@H]3[C@H](N(C)C)C(O)=C(C(N)=O)C(=O)[C@@]3(O)C(O)=C1C2=O. The van der Waals surface area contributed by atoms with Crippen molar-refractivity contribution < 1.29 is 43.6 Å². The van der Waals surface area contributed by atoms with Crippen LogP contribution in [0.2, 0.25) is 0 Å². The summed E-state index contributed by atoms with van der Waals surface area (Å²) in [5.74, 6) is -9.55. The molecule has 12 heteroatoms. The number of halogens is 2. The summed E-state index contributed by atoms with van der Waals surface area (Å²) in [7, 11) is 6.46. The number of anilines is 1. The lowest BCUT2D eigenvalue weighted by Crippen LogP contribution is -2.63. The number of aromatic hydroxyl groups is 1. The second kappa shape index (κ2) is 9.38. The van der Waals surface area contributed by atoms with Crippen LogP contribution in [0.5, 0.6) is 5.75 Å². The first-order valence-corrected chi connectivity index (χ1v) is 12.8. The average molecular weight is 570 g/mol. The van der Waals surface area contributed by atoms with Gasteiger partial charge in [0.15, 0.2) is 11.4 Å². The Bertz CT molecular complexity index is 1610. The van der Waals surface area contributed by atoms with Gasteiger partial charge in [0, 0.05) is 48.5 Å². The Hall–Kier alpha value is -4.29. The summed E-state index contributed by atoms with van der Waals surface area (Å²) in [6.45, 7) is 0. The molecule has 2 aromatic rings. The molecule has 6 N–H and O–H groups in total. The molecular formula is C29H29F2N3O7. The van der Waals surface area contributed by atoms with Gasteiger partial charge in [-0.2, -0.15) is 0 Å². The second-order valence-corrected chi connectivity index (χ2v) is 11.1. The molecule has 0 heterocycles. The standard InChI is InChI=1S/C29H29F2N3O7/c1-33(2)18-10-14(13-6-5-12(30)9-17(13)31)23(35)20-15(18)7-11-8-16-22(34(3)4)25(37)21(28(32)40)27(39)29(16,41)26(38)19(11)24(20)36/h5-6,9-11,16,22,35,37-38,41H,7-8H2,1-4H3,(H2,32,40)/t11-,16-,22-,29-/m0/s1. The predicted molar refractivity (Wildman–Crippen MR) is 143 cm³/mol. The van der Waals surface area contributed by atoms with Crippen molar-refractivity contribution in [2.45, 2.75) is 24.5 Å². The number of carbonyl (C=O) groups excluding carboxylic acids is 3. The van der Waals surface area contributed by atoms with Crippen molar-refractivity contribution in [3.63, 3.8) is 0 Å². The van der Waals surface area contributed by atoms with Gasteiger partial charge in [-0.1, -0.05) is 0 Å². The number of carbonyl (C=O) groups is 3. The fourth-order valence-electron chi connectivity index (χ4n) is 6.61. The molecule has 4 atom stereocenters. The number of phenolic OH excluding ortho intramolecular Hbond substituents is 1. The molecule has 41 heavy (non-hydrogen) atoms. The van der Waals surface area contributed by atoms with E-state index >= 15 is 0 Å². The van der Waals surface area contributed by atoms with Crippen LogP contribution >= 0.6 is 0 Å². The molecule has 2 aromatic carbocycles. The van der Waals surface area contributed by atoms with Gasteiger partial charge in [0.1, 0.15) is 34.5 Å². The van der Waals surface area contributed by atoms with Gasteiger partial charge in [0.2, 0.25) is 5.78 Å². The zero-order valence-electron chi connectivity index (χ0n) is 22.7. The highest BCUT2D eigenvalue weighted by Gasteiger charge is 2.63. The number of primary amides is 1. The van der Waals surface area contributed by atoms with Crippen molar-refractivity contribution in [2.75, 3.05) is 33.1 Å². The van der Waals surface area contributed by atoms with Crippen molar-refractivity contribution in [2.24, 2.45) is 17.6 Å². The van der Waals surface area contributed by atoms with Gasteiger partial charge in [0.25, 0.3) is 5.91 Å². The molecule has 0 spiro atoms. The maximum absolute atomic E-state index is 14.8. The molecule has 216 valence electrons. The van der Waals surface area contributed by atoms with Gasteiger partial charge in [-0.15, -0.1) is 0 Å². The molecule has 10 nitrogen and oxygen atoms in total. The molecule has 0 aliphatic heterocycles. The Morgan fingerprint density at radius 3 is 2.27 bits per heavy atom. The normalized spacial score (nSPS) is 25.7. The number of allylic oxidation sites excluding steroid dienone is 1. The summed E-state index contributed by atoms with van der Waals surface area (Å²) in [4.78, 5) is 42.8. The van der Waals surface area contributed by atoms with Crippen molar-refractivity contribution in [1.82, 2.24) is 4.90 Å². The first kappa shape index (κ1) is 28.2. The van der Waals surface area contributed by atoms with E-state index in [0.29, 0.717) is 17.3 Å². The number of hydrogen-bond acceptors (Lipinski definition) is 9. The highest BCUT2D eigenvalue weighted by molar-refractivity contribution is 6.25. The van der Waals surface area contributed by atoms with Crippen LogP contribution in [0.3, 0.4) is 0 Å². The minimum absolute atomic E-state index is 0.0618. The second-order valence-electron chi connectivity index (χ2n) is 11.1. The zero-order chi connectivity index (χ0) is 30.3. The van der Waals surface area contributed by atoms with E-state index in [1.165, 1.54) is 11.0 Å². The van der Waals surface area contributed by atoms with E-state index in [-0.39, 0.29) is 35.1 Å². The minimum Gasteiger partial charge on any atom is -0.510 e. The van der Waals surface area contributed by atoms with Crippen molar-refractivity contribution in [1.29, 1.82) is 0 Å². The molecule has 0 radical (unpaired) electrons. The number of amides is 1. The van der Waals surface area contributed by atoms with Gasteiger partial charge < -0.3 is 31.1 Å². The van der Waals surface area contributed by atoms with Gasteiger partial charge in [-0.3, -0.25) is 19.3 Å². The molecule has 0 bridgehead atoms. The first-order chi connectivity index (χ1) is 19.1. The number of fused-ring (bicyclic) bond motifs is 3. The van der Waals surface area contributed by atoms with Crippen molar-refractivity contribution >= 4 is 23.2 Å². The molecular weight excluding hydrogens is 540 g/mol. The summed E-state index contributed by atoms with van der Waals surface area (Å²) in [6.07, 6.45) is 0.00945.